The molecule has 0 unspecified atom stereocenters. The monoisotopic (exact) mass is 282 g/mol. The van der Waals surface area contributed by atoms with Crippen LogP contribution in [0, 0.1) is 6.92 Å². The Morgan fingerprint density at radius 1 is 1.19 bits per heavy atom. The normalized spacial score (nSPS) is 15.5. The van der Waals surface area contributed by atoms with Gasteiger partial charge >= 0.3 is 0 Å². The molecule has 4 nitrogen and oxygen atoms in total. The van der Waals surface area contributed by atoms with Crippen molar-refractivity contribution in [3.8, 4) is 0 Å². The van der Waals surface area contributed by atoms with Crippen LogP contribution in [0.2, 0.25) is 0 Å². The first-order chi connectivity index (χ1) is 10.0. The van der Waals surface area contributed by atoms with E-state index in [1.54, 1.807) is 29.9 Å². The zero-order valence-corrected chi connectivity index (χ0v) is 12.2. The summed E-state index contributed by atoms with van der Waals surface area (Å²) >= 11 is 0. The second kappa shape index (κ2) is 4.88. The number of aryl methyl sites for hydroxylation is 2. The Labute approximate surface area is 123 Å². The molecule has 3 rings (SSSR count). The fraction of sp³-hybridized carbons (Fsp3) is 0.294. The van der Waals surface area contributed by atoms with E-state index >= 15 is 0 Å². The van der Waals surface area contributed by atoms with Gasteiger partial charge in [-0.25, -0.2) is 0 Å². The molecule has 1 amide bonds. The Morgan fingerprint density at radius 2 is 1.95 bits per heavy atom. The van der Waals surface area contributed by atoms with E-state index in [4.69, 9.17) is 0 Å². The Hall–Kier alpha value is -2.36. The van der Waals surface area contributed by atoms with E-state index in [2.05, 4.69) is 11.4 Å². The third-order valence-corrected chi connectivity index (χ3v) is 4.06. The van der Waals surface area contributed by atoms with Crippen LogP contribution in [0.1, 0.15) is 34.5 Å². The predicted molar refractivity (Wildman–Crippen MR) is 80.0 cm³/mol. The topological polar surface area (TPSA) is 51.1 Å². The third-order valence-electron chi connectivity index (χ3n) is 4.06. The van der Waals surface area contributed by atoms with Crippen LogP contribution in [0.5, 0.6) is 0 Å². The highest BCUT2D eigenvalue weighted by Gasteiger charge is 2.46. The van der Waals surface area contributed by atoms with Gasteiger partial charge in [0, 0.05) is 13.2 Å². The van der Waals surface area contributed by atoms with Crippen molar-refractivity contribution in [2.75, 3.05) is 0 Å². The quantitative estimate of drug-likeness (QED) is 0.691. The zero-order valence-electron chi connectivity index (χ0n) is 12.2. The maximum atomic E-state index is 12.2. The molecule has 0 bridgehead atoms. The molecule has 0 saturated heterocycles. The minimum Gasteiger partial charge on any atom is -0.348 e. The van der Waals surface area contributed by atoms with Crippen molar-refractivity contribution in [1.82, 2.24) is 9.88 Å². The van der Waals surface area contributed by atoms with Crippen LogP contribution >= 0.6 is 0 Å². The lowest BCUT2D eigenvalue weighted by Crippen LogP contribution is -2.40. The minimum absolute atomic E-state index is 0.357. The van der Waals surface area contributed by atoms with Crippen LogP contribution in [-0.4, -0.2) is 16.3 Å². The highest BCUT2D eigenvalue weighted by Crippen LogP contribution is 2.45. The lowest BCUT2D eigenvalue weighted by Gasteiger charge is -2.18. The number of rotatable bonds is 4. The van der Waals surface area contributed by atoms with E-state index in [-0.39, 0.29) is 5.54 Å². The van der Waals surface area contributed by atoms with Gasteiger partial charge in [0.25, 0.3) is 11.7 Å². The summed E-state index contributed by atoms with van der Waals surface area (Å²) in [6.45, 7) is 2.02. The van der Waals surface area contributed by atoms with Crippen LogP contribution < -0.4 is 5.32 Å². The number of hydrogen-bond donors (Lipinski definition) is 1. The first-order valence-electron chi connectivity index (χ1n) is 7.07. The Morgan fingerprint density at radius 3 is 2.52 bits per heavy atom. The van der Waals surface area contributed by atoms with Gasteiger partial charge in [-0.2, -0.15) is 0 Å². The number of ketones is 1. The van der Waals surface area contributed by atoms with Gasteiger partial charge in [-0.3, -0.25) is 9.59 Å². The molecule has 1 heterocycles. The van der Waals surface area contributed by atoms with Gasteiger partial charge in [0.1, 0.15) is 0 Å². The Kier molecular flexibility index (Phi) is 3.16. The summed E-state index contributed by atoms with van der Waals surface area (Å²) in [5.74, 6) is -1.02. The Bertz CT molecular complexity index is 711. The standard InChI is InChI=1S/C17H18N2O2/c1-12-5-3-6-13(11-12)17(8-9-17)18-16(21)15(20)14-7-4-10-19(14)2/h3-7,10-11H,8-9H2,1-2H3,(H,18,21). The average Bonchev–Trinajstić information content (AvgIpc) is 3.12. The number of hydrogen-bond acceptors (Lipinski definition) is 2. The average molecular weight is 282 g/mol. The van der Waals surface area contributed by atoms with Gasteiger partial charge < -0.3 is 9.88 Å². The fourth-order valence-electron chi connectivity index (χ4n) is 2.64. The van der Waals surface area contributed by atoms with Crippen LogP contribution in [0.3, 0.4) is 0 Å². The largest absolute Gasteiger partial charge is 0.348 e. The number of nitrogens with zero attached hydrogens (tertiary/aromatic N) is 1. The summed E-state index contributed by atoms with van der Waals surface area (Å²) in [5.41, 5.74) is 2.29. The van der Waals surface area contributed by atoms with E-state index in [0.717, 1.165) is 24.0 Å². The van der Waals surface area contributed by atoms with Crippen molar-refractivity contribution in [2.45, 2.75) is 25.3 Å². The summed E-state index contributed by atoms with van der Waals surface area (Å²) in [5, 5.41) is 2.92. The molecule has 1 aliphatic rings. The molecule has 0 atom stereocenters. The maximum absolute atomic E-state index is 12.2. The van der Waals surface area contributed by atoms with Gasteiger partial charge in [0.2, 0.25) is 0 Å². The number of benzene rings is 1. The molecule has 21 heavy (non-hydrogen) atoms. The van der Waals surface area contributed by atoms with Crippen LogP contribution in [0.4, 0.5) is 0 Å². The molecule has 1 N–H and O–H groups in total. The zero-order chi connectivity index (χ0) is 15.0. The molecule has 0 radical (unpaired) electrons. The first kappa shape index (κ1) is 13.6. The molecule has 0 spiro atoms. The smallest absolute Gasteiger partial charge is 0.294 e. The minimum atomic E-state index is -0.532. The van der Waals surface area contributed by atoms with Crippen molar-refractivity contribution in [1.29, 1.82) is 0 Å². The summed E-state index contributed by atoms with van der Waals surface area (Å²) < 4.78 is 1.66. The van der Waals surface area contributed by atoms with Crippen LogP contribution in [-0.2, 0) is 17.4 Å². The number of carbonyl (C=O) groups is 2. The van der Waals surface area contributed by atoms with E-state index in [1.165, 1.54) is 0 Å². The summed E-state index contributed by atoms with van der Waals surface area (Å²) in [6.07, 6.45) is 3.51. The van der Waals surface area contributed by atoms with Gasteiger partial charge in [0.05, 0.1) is 11.2 Å². The highest BCUT2D eigenvalue weighted by atomic mass is 16.2. The summed E-state index contributed by atoms with van der Waals surface area (Å²) in [7, 11) is 1.76. The van der Waals surface area contributed by atoms with E-state index in [9.17, 15) is 9.59 Å². The molecular formula is C17H18N2O2. The molecule has 1 aromatic heterocycles. The SMILES string of the molecule is Cc1cccc(C2(NC(=O)C(=O)c3cccn3C)CC2)c1. The van der Waals surface area contributed by atoms with Crippen LogP contribution in [0.15, 0.2) is 42.6 Å². The third kappa shape index (κ3) is 2.49. The van der Waals surface area contributed by atoms with Crippen molar-refractivity contribution in [3.63, 3.8) is 0 Å². The Balaban J connectivity index is 1.79. The summed E-state index contributed by atoms with van der Waals surface area (Å²) in [4.78, 5) is 24.4. The van der Waals surface area contributed by atoms with Crippen LogP contribution in [0.25, 0.3) is 0 Å². The molecule has 108 valence electrons. The molecule has 0 aliphatic heterocycles. The highest BCUT2D eigenvalue weighted by molar-refractivity contribution is 6.42. The molecule has 1 aromatic carbocycles. The van der Waals surface area contributed by atoms with Gasteiger partial charge in [0.15, 0.2) is 0 Å². The van der Waals surface area contributed by atoms with E-state index in [1.807, 2.05) is 25.1 Å². The number of carbonyl (C=O) groups excluding carboxylic acids is 2. The lowest BCUT2D eigenvalue weighted by atomic mass is 10.0. The first-order valence-corrected chi connectivity index (χ1v) is 7.07. The van der Waals surface area contributed by atoms with E-state index < -0.39 is 11.7 Å². The van der Waals surface area contributed by atoms with Crippen molar-refractivity contribution >= 4 is 11.7 Å². The van der Waals surface area contributed by atoms with E-state index in [0.29, 0.717) is 5.69 Å². The number of amides is 1. The molecular weight excluding hydrogens is 264 g/mol. The second-order valence-electron chi connectivity index (χ2n) is 5.74. The van der Waals surface area contributed by atoms with Crippen molar-refractivity contribution in [2.24, 2.45) is 7.05 Å². The number of nitrogens with one attached hydrogen (secondary N) is 1. The molecule has 1 aliphatic carbocycles. The van der Waals surface area contributed by atoms with Crippen molar-refractivity contribution in [3.05, 3.63) is 59.4 Å². The van der Waals surface area contributed by atoms with Gasteiger partial charge in [-0.05, 0) is 37.5 Å². The lowest BCUT2D eigenvalue weighted by molar-refractivity contribution is -0.118. The molecule has 4 heteroatoms. The predicted octanol–water partition coefficient (Wildman–Crippen LogP) is 2.32. The maximum Gasteiger partial charge on any atom is 0.294 e. The number of Topliss-reactive ketones (excluding diaryl/α,β-unsaturated/α-hetero) is 1. The van der Waals surface area contributed by atoms with Crippen molar-refractivity contribution < 1.29 is 9.59 Å². The molecule has 2 aromatic rings. The fourth-order valence-corrected chi connectivity index (χ4v) is 2.64. The van der Waals surface area contributed by atoms with Gasteiger partial charge in [-0.1, -0.05) is 29.8 Å². The molecule has 1 fully saturated rings. The van der Waals surface area contributed by atoms with Gasteiger partial charge in [-0.15, -0.1) is 0 Å². The summed E-state index contributed by atoms with van der Waals surface area (Å²) in [6, 6.07) is 11.5. The number of aromatic nitrogens is 1. The molecule has 1 saturated carbocycles. The second-order valence-corrected chi connectivity index (χ2v) is 5.74.